The summed E-state index contributed by atoms with van der Waals surface area (Å²) >= 11 is 0. The predicted molar refractivity (Wildman–Crippen MR) is 143 cm³/mol. The summed E-state index contributed by atoms with van der Waals surface area (Å²) in [5, 5.41) is 5.96. The summed E-state index contributed by atoms with van der Waals surface area (Å²) in [6.07, 6.45) is 12.2. The Hall–Kier alpha value is -3.33. The number of aromatic nitrogens is 1. The molecule has 2 atom stereocenters. The zero-order valence-electron chi connectivity index (χ0n) is 21.1. The lowest BCUT2D eigenvalue weighted by atomic mass is 9.80. The fraction of sp³-hybridized carbons (Fsp3) is 0.323. The van der Waals surface area contributed by atoms with Crippen molar-refractivity contribution in [2.45, 2.75) is 59.4 Å². The van der Waals surface area contributed by atoms with Gasteiger partial charge in [-0.2, -0.15) is 0 Å². The van der Waals surface area contributed by atoms with Gasteiger partial charge >= 0.3 is 0 Å². The summed E-state index contributed by atoms with van der Waals surface area (Å²) in [5.41, 5.74) is 9.26. The first kappa shape index (κ1) is 22.5. The van der Waals surface area contributed by atoms with E-state index in [1.54, 1.807) is 0 Å². The minimum absolute atomic E-state index is 0.0756. The summed E-state index contributed by atoms with van der Waals surface area (Å²) in [4.78, 5) is 4.66. The van der Waals surface area contributed by atoms with Gasteiger partial charge in [-0.25, -0.2) is 4.98 Å². The number of allylic oxidation sites excluding steroid dienone is 4. The lowest BCUT2D eigenvalue weighted by Gasteiger charge is -2.29. The summed E-state index contributed by atoms with van der Waals surface area (Å²) in [5.74, 6) is 0.308. The number of nitrogens with one attached hydrogen (secondary N) is 1. The molecule has 2 unspecified atom stereocenters. The predicted octanol–water partition coefficient (Wildman–Crippen LogP) is 5.92. The van der Waals surface area contributed by atoms with E-state index in [-0.39, 0.29) is 11.5 Å². The molecule has 34 heavy (non-hydrogen) atoms. The van der Waals surface area contributed by atoms with E-state index < -0.39 is 0 Å². The van der Waals surface area contributed by atoms with Crippen molar-refractivity contribution in [3.05, 3.63) is 93.9 Å². The molecular weight excluding hydrogens is 416 g/mol. The molecule has 1 aliphatic carbocycles. The standard InChI is InChI=1S/C31H34N2O/c1-7-19(2)24-15-16-25-26-14-8-20(3)33-30(26)34-29(25)28(24)27-17-11-22(18-32-27)21-9-12-23(13-10-21)31(4,5)6/h7-14,16-18,24,27,32H,15H2,1-6H3. The van der Waals surface area contributed by atoms with Crippen LogP contribution in [0.15, 0.2) is 70.8 Å². The second-order valence-electron chi connectivity index (χ2n) is 10.6. The normalized spacial score (nSPS) is 20.6. The molecule has 174 valence electrons. The quantitative estimate of drug-likeness (QED) is 0.503. The summed E-state index contributed by atoms with van der Waals surface area (Å²) in [6, 6.07) is 13.2. The van der Waals surface area contributed by atoms with Gasteiger partial charge in [-0.15, -0.1) is 0 Å². The number of nitrogens with zero attached hydrogens (tertiary/aromatic N) is 1. The molecule has 0 bridgehead atoms. The molecule has 1 N–H and O–H groups in total. The molecule has 3 heterocycles. The molecule has 0 saturated carbocycles. The van der Waals surface area contributed by atoms with Crippen LogP contribution in [-0.2, 0) is 5.41 Å². The zero-order valence-corrected chi connectivity index (χ0v) is 21.1. The van der Waals surface area contributed by atoms with E-state index in [2.05, 4.69) is 112 Å². The van der Waals surface area contributed by atoms with E-state index in [0.29, 0.717) is 5.92 Å². The molecular formula is C31H34N2O. The molecule has 0 saturated heterocycles. The van der Waals surface area contributed by atoms with E-state index in [4.69, 9.17) is 4.42 Å². The number of fused-ring (bicyclic) bond motifs is 3. The SMILES string of the molecule is CC=C(C)C1CC=c2c(oc3nc(C)ccc23)=C1C1C=CC(c2ccc(C(C)(C)C)cc2)=CN1. The van der Waals surface area contributed by atoms with Crippen molar-refractivity contribution in [3.8, 4) is 0 Å². The molecule has 1 aliphatic heterocycles. The maximum Gasteiger partial charge on any atom is 0.227 e. The third kappa shape index (κ3) is 3.94. The summed E-state index contributed by atoms with van der Waals surface area (Å²) in [6.45, 7) is 13.1. The van der Waals surface area contributed by atoms with Crippen molar-refractivity contribution in [2.75, 3.05) is 0 Å². The van der Waals surface area contributed by atoms with Gasteiger partial charge in [-0.05, 0) is 61.4 Å². The largest absolute Gasteiger partial charge is 0.438 e. The van der Waals surface area contributed by atoms with Crippen LogP contribution in [0.2, 0.25) is 0 Å². The number of aryl methyl sites for hydroxylation is 1. The van der Waals surface area contributed by atoms with E-state index in [0.717, 1.165) is 28.6 Å². The first-order chi connectivity index (χ1) is 16.3. The van der Waals surface area contributed by atoms with Crippen LogP contribution < -0.4 is 16.0 Å². The maximum absolute atomic E-state index is 6.42. The van der Waals surface area contributed by atoms with Gasteiger partial charge in [0.1, 0.15) is 5.42 Å². The number of rotatable bonds is 3. The lowest BCUT2D eigenvalue weighted by molar-refractivity contribution is 0.540. The van der Waals surface area contributed by atoms with Gasteiger partial charge in [0.25, 0.3) is 0 Å². The highest BCUT2D eigenvalue weighted by Crippen LogP contribution is 2.32. The number of pyridine rings is 1. The Morgan fingerprint density at radius 2 is 1.88 bits per heavy atom. The van der Waals surface area contributed by atoms with Crippen LogP contribution in [0.1, 0.15) is 57.9 Å². The third-order valence-electron chi connectivity index (χ3n) is 7.24. The zero-order chi connectivity index (χ0) is 24.0. The molecule has 3 aromatic rings. The van der Waals surface area contributed by atoms with Crippen LogP contribution in [-0.4, -0.2) is 11.0 Å². The Morgan fingerprint density at radius 1 is 1.12 bits per heavy atom. The number of furan rings is 1. The molecule has 0 spiro atoms. The molecule has 3 heteroatoms. The molecule has 0 fully saturated rings. The number of dihydropyridines is 1. The van der Waals surface area contributed by atoms with Gasteiger partial charge in [-0.3, -0.25) is 0 Å². The van der Waals surface area contributed by atoms with Gasteiger partial charge in [0, 0.05) is 34.0 Å². The van der Waals surface area contributed by atoms with Crippen LogP contribution in [0.4, 0.5) is 0 Å². The Bertz CT molecular complexity index is 1460. The fourth-order valence-electron chi connectivity index (χ4n) is 5.04. The number of benzene rings is 1. The monoisotopic (exact) mass is 450 g/mol. The second kappa shape index (κ2) is 8.47. The van der Waals surface area contributed by atoms with Crippen LogP contribution >= 0.6 is 0 Å². The molecule has 2 aliphatic rings. The molecule has 5 rings (SSSR count). The van der Waals surface area contributed by atoms with E-state index in [9.17, 15) is 0 Å². The average molecular weight is 451 g/mol. The van der Waals surface area contributed by atoms with Gasteiger partial charge < -0.3 is 9.73 Å². The van der Waals surface area contributed by atoms with Crippen molar-refractivity contribution in [1.29, 1.82) is 0 Å². The second-order valence-corrected chi connectivity index (χ2v) is 10.6. The third-order valence-corrected chi connectivity index (χ3v) is 7.24. The minimum Gasteiger partial charge on any atom is -0.438 e. The smallest absolute Gasteiger partial charge is 0.227 e. The van der Waals surface area contributed by atoms with Crippen molar-refractivity contribution in [3.63, 3.8) is 0 Å². The topological polar surface area (TPSA) is 38.1 Å². The Kier molecular flexibility index (Phi) is 5.59. The van der Waals surface area contributed by atoms with Crippen molar-refractivity contribution < 1.29 is 4.42 Å². The van der Waals surface area contributed by atoms with Crippen LogP contribution in [0.25, 0.3) is 28.3 Å². The van der Waals surface area contributed by atoms with Gasteiger partial charge in [0.2, 0.25) is 5.71 Å². The Morgan fingerprint density at radius 3 is 2.53 bits per heavy atom. The van der Waals surface area contributed by atoms with Crippen LogP contribution in [0.5, 0.6) is 0 Å². The highest BCUT2D eigenvalue weighted by molar-refractivity contribution is 5.80. The summed E-state index contributed by atoms with van der Waals surface area (Å²) in [7, 11) is 0. The van der Waals surface area contributed by atoms with Crippen molar-refractivity contribution >= 4 is 28.3 Å². The lowest BCUT2D eigenvalue weighted by Crippen LogP contribution is -2.40. The Labute approximate surface area is 202 Å². The van der Waals surface area contributed by atoms with Gasteiger partial charge in [0.15, 0.2) is 0 Å². The molecule has 0 amide bonds. The van der Waals surface area contributed by atoms with Crippen LogP contribution in [0.3, 0.4) is 0 Å². The van der Waals surface area contributed by atoms with Gasteiger partial charge in [-0.1, -0.05) is 74.9 Å². The molecule has 2 aromatic heterocycles. The first-order valence-electron chi connectivity index (χ1n) is 12.2. The molecule has 0 radical (unpaired) electrons. The van der Waals surface area contributed by atoms with E-state index >= 15 is 0 Å². The highest BCUT2D eigenvalue weighted by atomic mass is 16.3. The molecule has 1 aromatic carbocycles. The highest BCUT2D eigenvalue weighted by Gasteiger charge is 2.28. The van der Waals surface area contributed by atoms with Gasteiger partial charge in [0.05, 0.1) is 6.04 Å². The fourth-order valence-corrected chi connectivity index (χ4v) is 5.04. The maximum atomic E-state index is 6.42. The molecule has 3 nitrogen and oxygen atoms in total. The van der Waals surface area contributed by atoms with E-state index in [1.165, 1.54) is 33.1 Å². The first-order valence-corrected chi connectivity index (χ1v) is 12.2. The van der Waals surface area contributed by atoms with Crippen molar-refractivity contribution in [2.24, 2.45) is 5.92 Å². The Balaban J connectivity index is 1.55. The number of hydrogen-bond donors (Lipinski definition) is 1. The average Bonchev–Trinajstić information content (AvgIpc) is 3.20. The number of hydrogen-bond acceptors (Lipinski definition) is 3. The van der Waals surface area contributed by atoms with E-state index in [1.807, 2.05) is 6.92 Å². The minimum atomic E-state index is 0.0756. The van der Waals surface area contributed by atoms with Crippen molar-refractivity contribution in [1.82, 2.24) is 10.3 Å². The summed E-state index contributed by atoms with van der Waals surface area (Å²) < 4.78 is 6.42. The van der Waals surface area contributed by atoms with Crippen LogP contribution in [0, 0.1) is 12.8 Å².